The Bertz CT molecular complexity index is 809. The predicted octanol–water partition coefficient (Wildman–Crippen LogP) is 7.87. The van der Waals surface area contributed by atoms with Gasteiger partial charge in [0.05, 0.1) is 16.8 Å². The zero-order chi connectivity index (χ0) is 23.4. The molecule has 0 N–H and O–H groups in total. The van der Waals surface area contributed by atoms with E-state index in [1.165, 1.54) is 5.56 Å². The van der Waals surface area contributed by atoms with Crippen molar-refractivity contribution in [3.05, 3.63) is 51.9 Å². The molecule has 2 aromatic rings. The Hall–Kier alpha value is -2.12. The van der Waals surface area contributed by atoms with E-state index >= 15 is 0 Å². The normalized spacial score (nSPS) is 10.3. The number of nitrogens with zero attached hydrogens (tertiary/aromatic N) is 3. The molecule has 0 saturated heterocycles. The van der Waals surface area contributed by atoms with E-state index in [0.29, 0.717) is 29.2 Å². The van der Waals surface area contributed by atoms with Crippen LogP contribution in [0.25, 0.3) is 0 Å². The van der Waals surface area contributed by atoms with Gasteiger partial charge < -0.3 is 4.74 Å². The van der Waals surface area contributed by atoms with E-state index in [0.717, 1.165) is 16.3 Å². The topological polar surface area (TPSA) is 58.8 Å². The molecule has 30 heavy (non-hydrogen) atoms. The van der Waals surface area contributed by atoms with Gasteiger partial charge in [0.25, 0.3) is 0 Å². The lowest BCUT2D eigenvalue weighted by Crippen LogP contribution is -2.08. The molecule has 0 radical (unpaired) electrons. The van der Waals surface area contributed by atoms with Crippen molar-refractivity contribution in [3.8, 4) is 11.9 Å². The van der Waals surface area contributed by atoms with Crippen LogP contribution < -0.4 is 4.74 Å². The molecule has 0 aliphatic heterocycles. The van der Waals surface area contributed by atoms with Crippen LogP contribution in [0.5, 0.6) is 5.88 Å². The van der Waals surface area contributed by atoms with Gasteiger partial charge in [0.15, 0.2) is 0 Å². The second-order valence-electron chi connectivity index (χ2n) is 8.00. The molecule has 2 heterocycles. The fraction of sp³-hybridized carbons (Fsp3) is 0.560. The summed E-state index contributed by atoms with van der Waals surface area (Å²) in [6.07, 6.45) is 3.73. The minimum absolute atomic E-state index is 0.0366. The fourth-order valence-corrected chi connectivity index (χ4v) is 2.78. The van der Waals surface area contributed by atoms with Crippen LogP contribution in [0.15, 0.2) is 24.5 Å². The zero-order valence-corrected chi connectivity index (χ0v) is 21.0. The van der Waals surface area contributed by atoms with Crippen molar-refractivity contribution in [2.45, 2.75) is 93.1 Å². The molecule has 0 aliphatic carbocycles. The fourth-order valence-electron chi connectivity index (χ4n) is 2.39. The first-order chi connectivity index (χ1) is 14.1. The summed E-state index contributed by atoms with van der Waals surface area (Å²) in [6, 6.07) is 5.97. The first-order valence-electron chi connectivity index (χ1n) is 10.8. The van der Waals surface area contributed by atoms with Crippen LogP contribution in [0.1, 0.15) is 109 Å². The van der Waals surface area contributed by atoms with Crippen molar-refractivity contribution in [2.75, 3.05) is 0 Å². The Kier molecular flexibility index (Phi) is 13.0. The summed E-state index contributed by atoms with van der Waals surface area (Å²) in [6.45, 7) is 20.5. The highest BCUT2D eigenvalue weighted by atomic mass is 35.5. The van der Waals surface area contributed by atoms with Gasteiger partial charge in [0.2, 0.25) is 5.88 Å². The van der Waals surface area contributed by atoms with Crippen LogP contribution in [0.4, 0.5) is 0 Å². The van der Waals surface area contributed by atoms with Gasteiger partial charge in [-0.3, -0.25) is 4.98 Å². The SMILES string of the molecule is CC.CC(C)Oc1ncc(C(C)C)cc1C#N.CC(C)c1cnc(C(C)C)c(Cl)c1. The number of ether oxygens (including phenoxy) is 1. The molecule has 166 valence electrons. The van der Waals surface area contributed by atoms with Crippen molar-refractivity contribution in [3.63, 3.8) is 0 Å². The second kappa shape index (κ2) is 14.0. The van der Waals surface area contributed by atoms with Crippen molar-refractivity contribution in [1.29, 1.82) is 5.26 Å². The van der Waals surface area contributed by atoms with E-state index < -0.39 is 0 Å². The number of hydrogen-bond acceptors (Lipinski definition) is 4. The third-order valence-electron chi connectivity index (χ3n) is 4.11. The highest BCUT2D eigenvalue weighted by molar-refractivity contribution is 6.31. The average Bonchev–Trinajstić information content (AvgIpc) is 2.69. The molecule has 0 amide bonds. The van der Waals surface area contributed by atoms with Gasteiger partial charge in [-0.15, -0.1) is 0 Å². The summed E-state index contributed by atoms with van der Waals surface area (Å²) in [5, 5.41) is 9.76. The molecule has 0 atom stereocenters. The maximum Gasteiger partial charge on any atom is 0.231 e. The molecule has 0 bridgehead atoms. The molecule has 0 unspecified atom stereocenters. The molecule has 0 aromatic carbocycles. The first-order valence-corrected chi connectivity index (χ1v) is 11.2. The Labute approximate surface area is 188 Å². The molecule has 0 fully saturated rings. The molecule has 0 aliphatic rings. The number of nitriles is 1. The molecule has 2 rings (SSSR count). The maximum atomic E-state index is 8.97. The summed E-state index contributed by atoms with van der Waals surface area (Å²) in [4.78, 5) is 8.53. The molecule has 0 saturated carbocycles. The summed E-state index contributed by atoms with van der Waals surface area (Å²) >= 11 is 6.11. The summed E-state index contributed by atoms with van der Waals surface area (Å²) < 4.78 is 5.44. The molecular formula is C25H38ClN3O. The van der Waals surface area contributed by atoms with Gasteiger partial charge in [-0.25, -0.2) is 4.98 Å². The van der Waals surface area contributed by atoms with Gasteiger partial charge in [0.1, 0.15) is 11.6 Å². The van der Waals surface area contributed by atoms with Crippen LogP contribution in [0.2, 0.25) is 5.02 Å². The van der Waals surface area contributed by atoms with Gasteiger partial charge in [-0.1, -0.05) is 67.0 Å². The number of pyridine rings is 2. The van der Waals surface area contributed by atoms with Crippen LogP contribution in [0, 0.1) is 11.3 Å². The predicted molar refractivity (Wildman–Crippen MR) is 128 cm³/mol. The monoisotopic (exact) mass is 431 g/mol. The third kappa shape index (κ3) is 9.13. The number of rotatable bonds is 5. The van der Waals surface area contributed by atoms with Crippen molar-refractivity contribution in [1.82, 2.24) is 9.97 Å². The van der Waals surface area contributed by atoms with E-state index in [4.69, 9.17) is 21.6 Å². The molecule has 0 spiro atoms. The maximum absolute atomic E-state index is 8.97. The molecule has 4 nitrogen and oxygen atoms in total. The van der Waals surface area contributed by atoms with E-state index in [-0.39, 0.29) is 6.10 Å². The molecule has 5 heteroatoms. The van der Waals surface area contributed by atoms with Crippen LogP contribution in [-0.2, 0) is 0 Å². The van der Waals surface area contributed by atoms with E-state index in [1.54, 1.807) is 6.20 Å². The Morgan fingerprint density at radius 1 is 0.833 bits per heavy atom. The van der Waals surface area contributed by atoms with E-state index in [2.05, 4.69) is 57.6 Å². The van der Waals surface area contributed by atoms with E-state index in [9.17, 15) is 0 Å². The van der Waals surface area contributed by atoms with Crippen LogP contribution >= 0.6 is 11.6 Å². The van der Waals surface area contributed by atoms with Crippen molar-refractivity contribution < 1.29 is 4.74 Å². The Morgan fingerprint density at radius 2 is 1.33 bits per heavy atom. The summed E-state index contributed by atoms with van der Waals surface area (Å²) in [5.74, 6) is 1.69. The van der Waals surface area contributed by atoms with Gasteiger partial charge >= 0.3 is 0 Å². The largest absolute Gasteiger partial charge is 0.474 e. The highest BCUT2D eigenvalue weighted by Crippen LogP contribution is 2.25. The third-order valence-corrected chi connectivity index (χ3v) is 4.41. The number of aromatic nitrogens is 2. The lowest BCUT2D eigenvalue weighted by molar-refractivity contribution is 0.231. The number of hydrogen-bond donors (Lipinski definition) is 0. The van der Waals surface area contributed by atoms with Crippen LogP contribution in [0.3, 0.4) is 0 Å². The first kappa shape index (κ1) is 27.9. The molecule has 2 aromatic heterocycles. The number of halogens is 1. The standard InChI is InChI=1S/C12H16N2O.C11H16ClN.C2H6/c1-8(2)11-5-10(6-13)12(14-7-11)15-9(3)4;1-7(2)9-5-10(12)11(8(3)4)13-6-9;1-2/h5,7-9H,1-4H3;5-8H,1-4H3;1-2H3. The minimum Gasteiger partial charge on any atom is -0.474 e. The Morgan fingerprint density at radius 3 is 1.73 bits per heavy atom. The average molecular weight is 432 g/mol. The van der Waals surface area contributed by atoms with Crippen molar-refractivity contribution in [2.24, 2.45) is 0 Å². The molecular weight excluding hydrogens is 394 g/mol. The second-order valence-corrected chi connectivity index (χ2v) is 8.41. The minimum atomic E-state index is 0.0366. The highest BCUT2D eigenvalue weighted by Gasteiger charge is 2.10. The van der Waals surface area contributed by atoms with E-state index in [1.807, 2.05) is 46.0 Å². The Balaban J connectivity index is 0.000000522. The lowest BCUT2D eigenvalue weighted by atomic mass is 10.0. The summed E-state index contributed by atoms with van der Waals surface area (Å²) in [5.41, 5.74) is 3.76. The van der Waals surface area contributed by atoms with Gasteiger partial charge in [0, 0.05) is 12.4 Å². The lowest BCUT2D eigenvalue weighted by Gasteiger charge is -2.11. The van der Waals surface area contributed by atoms with Gasteiger partial charge in [-0.05, 0) is 54.9 Å². The van der Waals surface area contributed by atoms with Gasteiger partial charge in [-0.2, -0.15) is 5.26 Å². The summed E-state index contributed by atoms with van der Waals surface area (Å²) in [7, 11) is 0. The van der Waals surface area contributed by atoms with Crippen LogP contribution in [-0.4, -0.2) is 16.1 Å². The zero-order valence-electron chi connectivity index (χ0n) is 20.2. The van der Waals surface area contributed by atoms with Crippen molar-refractivity contribution >= 4 is 11.6 Å². The quantitative estimate of drug-likeness (QED) is 0.483. The smallest absolute Gasteiger partial charge is 0.231 e.